The number of hydrogen-bond donors (Lipinski definition) is 1. The number of carbonyl (C=O) groups is 1. The lowest BCUT2D eigenvalue weighted by Gasteiger charge is -2.20. The van der Waals surface area contributed by atoms with E-state index in [9.17, 15) is 9.59 Å². The number of hydrogen-bond acceptors (Lipinski definition) is 4. The Morgan fingerprint density at radius 2 is 2.00 bits per heavy atom. The minimum atomic E-state index is -0.801. The van der Waals surface area contributed by atoms with E-state index in [4.69, 9.17) is 11.6 Å². The van der Waals surface area contributed by atoms with Crippen LogP contribution in [0.25, 0.3) is 16.7 Å². The Balaban J connectivity index is 2.02. The van der Waals surface area contributed by atoms with Crippen LogP contribution in [-0.4, -0.2) is 31.2 Å². The zero-order chi connectivity index (χ0) is 17.3. The Bertz CT molecular complexity index is 946. The molecular weight excluding hydrogens is 330 g/mol. The molecule has 24 heavy (non-hydrogen) atoms. The molecule has 0 spiro atoms. The fourth-order valence-corrected chi connectivity index (χ4v) is 2.19. The smallest absolute Gasteiger partial charge is 0.273 e. The molecule has 0 unspecified atom stereocenters. The number of rotatable bonds is 4. The summed E-state index contributed by atoms with van der Waals surface area (Å²) in [5.41, 5.74) is 2.54. The molecule has 7 nitrogen and oxygen atoms in total. The molecule has 1 amide bonds. The summed E-state index contributed by atoms with van der Waals surface area (Å²) in [7, 11) is 0. The van der Waals surface area contributed by atoms with Crippen molar-refractivity contribution in [2.24, 2.45) is 5.41 Å². The highest BCUT2D eigenvalue weighted by Gasteiger charge is 2.27. The first-order valence-corrected chi connectivity index (χ1v) is 7.86. The summed E-state index contributed by atoms with van der Waals surface area (Å²) >= 11 is 5.78. The zero-order valence-corrected chi connectivity index (χ0v) is 14.0. The predicted octanol–water partition coefficient (Wildman–Crippen LogP) is 1.92. The van der Waals surface area contributed by atoms with Gasteiger partial charge >= 0.3 is 0 Å². The lowest BCUT2D eigenvalue weighted by atomic mass is 9.96. The van der Waals surface area contributed by atoms with E-state index in [0.29, 0.717) is 11.0 Å². The summed E-state index contributed by atoms with van der Waals surface area (Å²) in [5, 5.41) is 4.53. The zero-order valence-electron chi connectivity index (χ0n) is 13.2. The number of halogens is 1. The molecule has 0 aliphatic carbocycles. The Labute approximate surface area is 142 Å². The Hall–Kier alpha value is -2.67. The first-order valence-electron chi connectivity index (χ1n) is 7.32. The summed E-state index contributed by atoms with van der Waals surface area (Å²) in [6, 6.07) is 9.37. The number of nitrogens with zero attached hydrogens (tertiary/aromatic N) is 4. The molecule has 2 aromatic heterocycles. The largest absolute Gasteiger partial charge is 0.283 e. The summed E-state index contributed by atoms with van der Waals surface area (Å²) < 4.78 is 2.63. The molecule has 8 heteroatoms. The van der Waals surface area contributed by atoms with Crippen molar-refractivity contribution in [2.45, 2.75) is 13.8 Å². The average Bonchev–Trinajstić information content (AvgIpc) is 3.02. The van der Waals surface area contributed by atoms with Gasteiger partial charge in [0.1, 0.15) is 11.7 Å². The molecule has 0 saturated carbocycles. The first-order chi connectivity index (χ1) is 11.4. The maximum atomic E-state index is 12.5. The van der Waals surface area contributed by atoms with Crippen LogP contribution in [0.15, 0.2) is 47.7 Å². The molecule has 0 atom stereocenters. The summed E-state index contributed by atoms with van der Waals surface area (Å²) in [6.07, 6.45) is 2.71. The molecule has 3 aromatic rings. The fraction of sp³-hybridized carbons (Fsp3) is 0.250. The molecule has 0 radical (unpaired) electrons. The Morgan fingerprint density at radius 1 is 1.29 bits per heavy atom. The summed E-state index contributed by atoms with van der Waals surface area (Å²) in [6.45, 7) is 3.39. The van der Waals surface area contributed by atoms with Gasteiger partial charge in [-0.25, -0.2) is 14.3 Å². The van der Waals surface area contributed by atoms with Crippen molar-refractivity contribution in [1.82, 2.24) is 19.4 Å². The minimum absolute atomic E-state index is 0.134. The number of amides is 1. The molecule has 1 N–H and O–H groups in total. The van der Waals surface area contributed by atoms with Gasteiger partial charge in [-0.15, -0.1) is 11.6 Å². The predicted molar refractivity (Wildman–Crippen MR) is 92.0 cm³/mol. The molecule has 0 saturated heterocycles. The van der Waals surface area contributed by atoms with Crippen LogP contribution in [0, 0.1) is 5.41 Å². The van der Waals surface area contributed by atoms with E-state index in [1.165, 1.54) is 12.5 Å². The van der Waals surface area contributed by atoms with Crippen molar-refractivity contribution in [3.05, 3.63) is 53.2 Å². The standard InChI is InChI=1S/C16H16ClN5O2/c1-16(2,9-17)15(24)20-21-10-18-13-12(14(21)23)8-19-22(13)11-6-4-3-5-7-11/h3-8,10H,9H2,1-2H3,(H,20,24). The second-order valence-electron chi connectivity index (χ2n) is 6.01. The molecule has 2 heterocycles. The number of fused-ring (bicyclic) bond motifs is 1. The number of carbonyl (C=O) groups excluding carboxylic acids is 1. The number of benzene rings is 1. The van der Waals surface area contributed by atoms with Crippen LogP contribution in [0.4, 0.5) is 0 Å². The summed E-state index contributed by atoms with van der Waals surface area (Å²) in [5.74, 6) is -0.231. The van der Waals surface area contributed by atoms with Crippen LogP contribution in [0.1, 0.15) is 13.8 Å². The maximum absolute atomic E-state index is 12.5. The molecule has 124 valence electrons. The van der Waals surface area contributed by atoms with E-state index in [1.54, 1.807) is 18.5 Å². The molecule has 1 aromatic carbocycles. The Morgan fingerprint density at radius 3 is 2.67 bits per heavy atom. The fourth-order valence-electron chi connectivity index (χ4n) is 2.07. The van der Waals surface area contributed by atoms with Crippen molar-refractivity contribution in [2.75, 3.05) is 11.3 Å². The molecule has 0 fully saturated rings. The quantitative estimate of drug-likeness (QED) is 0.732. The highest BCUT2D eigenvalue weighted by Crippen LogP contribution is 2.17. The highest BCUT2D eigenvalue weighted by atomic mass is 35.5. The third kappa shape index (κ3) is 2.78. The van der Waals surface area contributed by atoms with Gasteiger partial charge in [-0.3, -0.25) is 15.0 Å². The van der Waals surface area contributed by atoms with E-state index in [1.807, 2.05) is 30.3 Å². The van der Waals surface area contributed by atoms with Gasteiger partial charge in [-0.05, 0) is 26.0 Å². The number of alkyl halides is 1. The maximum Gasteiger partial charge on any atom is 0.283 e. The van der Waals surface area contributed by atoms with Gasteiger partial charge in [0, 0.05) is 5.88 Å². The van der Waals surface area contributed by atoms with E-state index in [0.717, 1.165) is 10.4 Å². The van der Waals surface area contributed by atoms with Crippen LogP contribution < -0.4 is 11.0 Å². The molecule has 0 aliphatic rings. The lowest BCUT2D eigenvalue weighted by molar-refractivity contribution is -0.124. The topological polar surface area (TPSA) is 81.8 Å². The van der Waals surface area contributed by atoms with Crippen LogP contribution in [0.3, 0.4) is 0 Å². The van der Waals surface area contributed by atoms with Crippen LogP contribution in [0.5, 0.6) is 0 Å². The van der Waals surface area contributed by atoms with Crippen LogP contribution in [-0.2, 0) is 4.79 Å². The third-order valence-electron chi connectivity index (χ3n) is 3.66. The normalized spacial score (nSPS) is 11.6. The summed E-state index contributed by atoms with van der Waals surface area (Å²) in [4.78, 5) is 29.0. The van der Waals surface area contributed by atoms with Gasteiger partial charge in [0.25, 0.3) is 5.56 Å². The average molecular weight is 346 g/mol. The van der Waals surface area contributed by atoms with Crippen molar-refractivity contribution >= 4 is 28.5 Å². The second kappa shape index (κ2) is 6.09. The second-order valence-corrected chi connectivity index (χ2v) is 6.27. The third-order valence-corrected chi connectivity index (χ3v) is 4.33. The van der Waals surface area contributed by atoms with Gasteiger partial charge in [0.15, 0.2) is 5.65 Å². The molecular formula is C16H16ClN5O2. The molecule has 0 aliphatic heterocycles. The minimum Gasteiger partial charge on any atom is -0.273 e. The van der Waals surface area contributed by atoms with Gasteiger partial charge in [0.05, 0.1) is 17.3 Å². The first kappa shape index (κ1) is 16.2. The van der Waals surface area contributed by atoms with Crippen molar-refractivity contribution in [1.29, 1.82) is 0 Å². The molecule has 0 bridgehead atoms. The van der Waals surface area contributed by atoms with Crippen molar-refractivity contribution < 1.29 is 4.79 Å². The molecule has 3 rings (SSSR count). The van der Waals surface area contributed by atoms with Crippen LogP contribution in [0.2, 0.25) is 0 Å². The Kier molecular flexibility index (Phi) is 4.11. The van der Waals surface area contributed by atoms with Crippen molar-refractivity contribution in [3.8, 4) is 5.69 Å². The monoisotopic (exact) mass is 345 g/mol. The lowest BCUT2D eigenvalue weighted by Crippen LogP contribution is -2.41. The van der Waals surface area contributed by atoms with Crippen LogP contribution >= 0.6 is 11.6 Å². The van der Waals surface area contributed by atoms with Gasteiger partial charge in [-0.1, -0.05) is 18.2 Å². The highest BCUT2D eigenvalue weighted by molar-refractivity contribution is 6.20. The van der Waals surface area contributed by atoms with E-state index < -0.39 is 11.0 Å². The number of aromatic nitrogens is 4. The SMILES string of the molecule is CC(C)(CCl)C(=O)Nn1cnc2c(cnn2-c2ccccc2)c1=O. The van der Waals surface area contributed by atoms with Gasteiger partial charge in [0.2, 0.25) is 5.91 Å². The number of nitrogens with one attached hydrogen (secondary N) is 1. The van der Waals surface area contributed by atoms with E-state index in [-0.39, 0.29) is 11.8 Å². The van der Waals surface area contributed by atoms with E-state index in [2.05, 4.69) is 15.5 Å². The van der Waals surface area contributed by atoms with Gasteiger partial charge in [-0.2, -0.15) is 5.10 Å². The van der Waals surface area contributed by atoms with Crippen molar-refractivity contribution in [3.63, 3.8) is 0 Å². The van der Waals surface area contributed by atoms with Gasteiger partial charge < -0.3 is 0 Å². The van der Waals surface area contributed by atoms with E-state index >= 15 is 0 Å². The number of para-hydroxylation sites is 1.